The Bertz CT molecular complexity index is 1140. The molecule has 1 aliphatic heterocycles. The molecule has 1 fully saturated rings. The average Bonchev–Trinajstić information content (AvgIpc) is 2.72. The van der Waals surface area contributed by atoms with Gasteiger partial charge in [0.05, 0.1) is 17.2 Å². The average molecular weight is 394 g/mol. The van der Waals surface area contributed by atoms with Gasteiger partial charge >= 0.3 is 0 Å². The Morgan fingerprint density at radius 2 is 1.79 bits per heavy atom. The summed E-state index contributed by atoms with van der Waals surface area (Å²) in [6.07, 6.45) is 4.97. The molecule has 3 heterocycles. The van der Waals surface area contributed by atoms with Crippen LogP contribution in [0.3, 0.4) is 0 Å². The molecular weight excluding hydrogens is 368 g/mol. The quantitative estimate of drug-likeness (QED) is 0.666. The van der Waals surface area contributed by atoms with Gasteiger partial charge in [0.1, 0.15) is 5.69 Å². The molecule has 0 atom stereocenters. The predicted octanol–water partition coefficient (Wildman–Crippen LogP) is 1.39. The maximum atomic E-state index is 12.6. The molecule has 0 saturated carbocycles. The van der Waals surface area contributed by atoms with Crippen molar-refractivity contribution in [2.24, 2.45) is 7.05 Å². The Balaban J connectivity index is 1.47. The van der Waals surface area contributed by atoms with Crippen molar-refractivity contribution < 1.29 is 0 Å². The standard InChI is InChI=1S/C21H26N6O2/c1-15(2)27-14-23-18-12-16(4-5-17(18)20(27)28)26-10-8-25(9-11-26)13-19-21(29)24(3)7-6-22-19/h4-7,12,14-15H,8-11,13H2,1-3H3. The summed E-state index contributed by atoms with van der Waals surface area (Å²) in [6, 6.07) is 5.96. The molecule has 8 nitrogen and oxygen atoms in total. The number of benzene rings is 1. The summed E-state index contributed by atoms with van der Waals surface area (Å²) in [4.78, 5) is 38.0. The van der Waals surface area contributed by atoms with Crippen LogP contribution in [-0.2, 0) is 13.6 Å². The monoisotopic (exact) mass is 394 g/mol. The molecule has 1 saturated heterocycles. The molecule has 3 aromatic rings. The molecule has 4 rings (SSSR count). The summed E-state index contributed by atoms with van der Waals surface area (Å²) in [5.41, 5.74) is 2.34. The normalized spacial score (nSPS) is 15.4. The molecule has 1 aromatic carbocycles. The Labute approximate surface area is 169 Å². The van der Waals surface area contributed by atoms with Gasteiger partial charge in [-0.1, -0.05) is 0 Å². The van der Waals surface area contributed by atoms with E-state index in [0.717, 1.165) is 37.4 Å². The lowest BCUT2D eigenvalue weighted by Gasteiger charge is -2.35. The number of aryl methyl sites for hydroxylation is 1. The summed E-state index contributed by atoms with van der Waals surface area (Å²) in [5.74, 6) is 0. The number of rotatable bonds is 4. The Morgan fingerprint density at radius 3 is 2.52 bits per heavy atom. The Hall–Kier alpha value is -3.00. The molecule has 2 aromatic heterocycles. The van der Waals surface area contributed by atoms with E-state index in [0.29, 0.717) is 17.6 Å². The van der Waals surface area contributed by atoms with Crippen molar-refractivity contribution in [1.29, 1.82) is 0 Å². The van der Waals surface area contributed by atoms with Crippen molar-refractivity contribution in [2.75, 3.05) is 31.1 Å². The van der Waals surface area contributed by atoms with E-state index in [2.05, 4.69) is 19.8 Å². The first-order valence-electron chi connectivity index (χ1n) is 9.93. The highest BCUT2D eigenvalue weighted by atomic mass is 16.1. The fourth-order valence-corrected chi connectivity index (χ4v) is 3.72. The maximum Gasteiger partial charge on any atom is 0.273 e. The van der Waals surface area contributed by atoms with Crippen LogP contribution < -0.4 is 16.0 Å². The third kappa shape index (κ3) is 3.80. The zero-order valence-electron chi connectivity index (χ0n) is 17.1. The largest absolute Gasteiger partial charge is 0.369 e. The van der Waals surface area contributed by atoms with Crippen LogP contribution >= 0.6 is 0 Å². The van der Waals surface area contributed by atoms with Gasteiger partial charge in [-0.05, 0) is 32.0 Å². The van der Waals surface area contributed by atoms with Gasteiger partial charge in [0.25, 0.3) is 11.1 Å². The first-order chi connectivity index (χ1) is 13.9. The summed E-state index contributed by atoms with van der Waals surface area (Å²) < 4.78 is 3.22. The van der Waals surface area contributed by atoms with E-state index in [1.165, 1.54) is 0 Å². The fourth-order valence-electron chi connectivity index (χ4n) is 3.72. The van der Waals surface area contributed by atoms with Crippen LogP contribution in [0, 0.1) is 0 Å². The van der Waals surface area contributed by atoms with Crippen LogP contribution in [0.15, 0.2) is 46.5 Å². The number of fused-ring (bicyclic) bond motifs is 1. The highest BCUT2D eigenvalue weighted by Crippen LogP contribution is 2.21. The first kappa shape index (κ1) is 19.3. The number of aromatic nitrogens is 4. The third-order valence-electron chi connectivity index (χ3n) is 5.52. The van der Waals surface area contributed by atoms with Crippen molar-refractivity contribution in [3.63, 3.8) is 0 Å². The lowest BCUT2D eigenvalue weighted by molar-refractivity contribution is 0.245. The molecule has 0 radical (unpaired) electrons. The molecule has 0 aliphatic carbocycles. The van der Waals surface area contributed by atoms with Gasteiger partial charge in [-0.15, -0.1) is 0 Å². The second-order valence-corrected chi connectivity index (χ2v) is 7.81. The molecule has 0 bridgehead atoms. The van der Waals surface area contributed by atoms with E-state index in [9.17, 15) is 9.59 Å². The zero-order valence-corrected chi connectivity index (χ0v) is 17.1. The summed E-state index contributed by atoms with van der Waals surface area (Å²) in [5, 5.41) is 0.648. The van der Waals surface area contributed by atoms with Crippen molar-refractivity contribution in [1.82, 2.24) is 24.0 Å². The first-order valence-corrected chi connectivity index (χ1v) is 9.93. The number of piperazine rings is 1. The van der Waals surface area contributed by atoms with Crippen molar-refractivity contribution in [3.05, 3.63) is 63.3 Å². The molecule has 0 unspecified atom stereocenters. The molecule has 29 heavy (non-hydrogen) atoms. The zero-order chi connectivity index (χ0) is 20.5. The molecule has 0 amide bonds. The minimum absolute atomic E-state index is 0.00156. The molecule has 1 aliphatic rings. The van der Waals surface area contributed by atoms with E-state index < -0.39 is 0 Å². The topological polar surface area (TPSA) is 76.3 Å². The van der Waals surface area contributed by atoms with Gasteiger partial charge in [-0.25, -0.2) is 4.98 Å². The van der Waals surface area contributed by atoms with Crippen LogP contribution in [0.1, 0.15) is 25.6 Å². The molecular formula is C21H26N6O2. The Kier molecular flexibility index (Phi) is 5.19. The van der Waals surface area contributed by atoms with Crippen LogP contribution in [0.5, 0.6) is 0 Å². The molecule has 0 spiro atoms. The maximum absolute atomic E-state index is 12.6. The van der Waals surface area contributed by atoms with E-state index >= 15 is 0 Å². The lowest BCUT2D eigenvalue weighted by Crippen LogP contribution is -2.46. The van der Waals surface area contributed by atoms with Gasteiger partial charge < -0.3 is 9.47 Å². The van der Waals surface area contributed by atoms with Crippen molar-refractivity contribution in [3.8, 4) is 0 Å². The fraction of sp³-hybridized carbons (Fsp3) is 0.429. The van der Waals surface area contributed by atoms with E-state index in [-0.39, 0.29) is 17.2 Å². The van der Waals surface area contributed by atoms with Gasteiger partial charge in [0, 0.05) is 63.9 Å². The van der Waals surface area contributed by atoms with Gasteiger partial charge in [0.15, 0.2) is 0 Å². The number of hydrogen-bond donors (Lipinski definition) is 0. The van der Waals surface area contributed by atoms with E-state index in [1.54, 1.807) is 34.9 Å². The van der Waals surface area contributed by atoms with Crippen LogP contribution in [0.4, 0.5) is 5.69 Å². The summed E-state index contributed by atoms with van der Waals surface area (Å²) >= 11 is 0. The molecule has 0 N–H and O–H groups in total. The van der Waals surface area contributed by atoms with Crippen molar-refractivity contribution >= 4 is 16.6 Å². The van der Waals surface area contributed by atoms with Crippen LogP contribution in [0.2, 0.25) is 0 Å². The highest BCUT2D eigenvalue weighted by Gasteiger charge is 2.19. The van der Waals surface area contributed by atoms with Crippen molar-refractivity contribution in [2.45, 2.75) is 26.4 Å². The lowest BCUT2D eigenvalue weighted by atomic mass is 10.2. The van der Waals surface area contributed by atoms with Gasteiger partial charge in [-0.2, -0.15) is 0 Å². The second kappa shape index (κ2) is 7.79. The minimum Gasteiger partial charge on any atom is -0.369 e. The van der Waals surface area contributed by atoms with Crippen LogP contribution in [0.25, 0.3) is 10.9 Å². The third-order valence-corrected chi connectivity index (χ3v) is 5.52. The van der Waals surface area contributed by atoms with Gasteiger partial charge in [-0.3, -0.25) is 24.0 Å². The summed E-state index contributed by atoms with van der Waals surface area (Å²) in [7, 11) is 1.75. The van der Waals surface area contributed by atoms with E-state index in [1.807, 2.05) is 32.0 Å². The number of nitrogens with zero attached hydrogens (tertiary/aromatic N) is 6. The second-order valence-electron chi connectivity index (χ2n) is 7.81. The van der Waals surface area contributed by atoms with Crippen LogP contribution in [-0.4, -0.2) is 50.2 Å². The Morgan fingerprint density at radius 1 is 1.03 bits per heavy atom. The molecule has 8 heteroatoms. The number of anilines is 1. The minimum atomic E-state index is -0.0393. The SMILES string of the molecule is CC(C)n1cnc2cc(N3CCN(Cc4nccn(C)c4=O)CC3)ccc2c1=O. The predicted molar refractivity (Wildman–Crippen MR) is 113 cm³/mol. The smallest absolute Gasteiger partial charge is 0.273 e. The number of hydrogen-bond acceptors (Lipinski definition) is 6. The highest BCUT2D eigenvalue weighted by molar-refractivity contribution is 5.81. The molecule has 152 valence electrons. The van der Waals surface area contributed by atoms with E-state index in [4.69, 9.17) is 0 Å². The summed E-state index contributed by atoms with van der Waals surface area (Å²) in [6.45, 7) is 7.91. The van der Waals surface area contributed by atoms with Gasteiger partial charge in [0.2, 0.25) is 0 Å².